The van der Waals surface area contributed by atoms with Crippen LogP contribution >= 0.6 is 22.9 Å². The van der Waals surface area contributed by atoms with Crippen LogP contribution in [0.2, 0.25) is 4.34 Å². The van der Waals surface area contributed by atoms with Crippen molar-refractivity contribution in [2.24, 2.45) is 11.5 Å². The van der Waals surface area contributed by atoms with Crippen molar-refractivity contribution in [3.63, 3.8) is 0 Å². The van der Waals surface area contributed by atoms with E-state index in [1.165, 1.54) is 11.3 Å². The number of hydrogen-bond donors (Lipinski definition) is 2. The minimum Gasteiger partial charge on any atom is -0.326 e. The van der Waals surface area contributed by atoms with Gasteiger partial charge in [-0.2, -0.15) is 0 Å². The quantitative estimate of drug-likeness (QED) is 0.747. The van der Waals surface area contributed by atoms with Gasteiger partial charge >= 0.3 is 0 Å². The second-order valence-corrected chi connectivity index (χ2v) is 4.27. The highest BCUT2D eigenvalue weighted by atomic mass is 35.5. The maximum Gasteiger partial charge on any atom is 0.0931 e. The minimum atomic E-state index is -0.0903. The zero-order valence-corrected chi connectivity index (χ0v) is 7.82. The Hall–Kier alpha value is -0.0900. The van der Waals surface area contributed by atoms with Crippen molar-refractivity contribution in [1.82, 2.24) is 0 Å². The van der Waals surface area contributed by atoms with Crippen molar-refractivity contribution in [1.29, 1.82) is 0 Å². The first-order valence-electron chi connectivity index (χ1n) is 3.37. The number of halogens is 1. The van der Waals surface area contributed by atoms with Gasteiger partial charge in [-0.1, -0.05) is 11.6 Å². The average molecular weight is 191 g/mol. The summed E-state index contributed by atoms with van der Waals surface area (Å²) in [7, 11) is 0. The monoisotopic (exact) mass is 190 g/mol. The third-order valence-corrected chi connectivity index (χ3v) is 2.82. The predicted octanol–water partition coefficient (Wildman–Crippen LogP) is 1.75. The summed E-state index contributed by atoms with van der Waals surface area (Å²) in [4.78, 5) is 1.05. The molecule has 0 aliphatic rings. The Labute approximate surface area is 75.1 Å². The van der Waals surface area contributed by atoms with Crippen molar-refractivity contribution in [2.45, 2.75) is 19.0 Å². The van der Waals surface area contributed by atoms with Crippen LogP contribution in [0, 0.1) is 0 Å². The molecule has 0 aliphatic heterocycles. The maximum absolute atomic E-state index is 5.78. The van der Waals surface area contributed by atoms with Gasteiger partial charge in [-0.15, -0.1) is 11.3 Å². The van der Waals surface area contributed by atoms with Gasteiger partial charge in [0.15, 0.2) is 0 Å². The molecule has 0 unspecified atom stereocenters. The van der Waals surface area contributed by atoms with Crippen LogP contribution in [0.4, 0.5) is 0 Å². The molecule has 0 fully saturated rings. The Kier molecular flexibility index (Phi) is 2.90. The first-order chi connectivity index (χ1) is 5.11. The van der Waals surface area contributed by atoms with Crippen LogP contribution in [0.15, 0.2) is 12.1 Å². The van der Waals surface area contributed by atoms with Gasteiger partial charge in [0.05, 0.1) is 10.4 Å². The summed E-state index contributed by atoms with van der Waals surface area (Å²) in [5.41, 5.74) is 11.4. The number of rotatable bonds is 2. The molecule has 4 N–H and O–H groups in total. The van der Waals surface area contributed by atoms with Crippen LogP contribution in [0.25, 0.3) is 0 Å². The highest BCUT2D eigenvalue weighted by molar-refractivity contribution is 7.16. The predicted molar refractivity (Wildman–Crippen MR) is 49.9 cm³/mol. The number of hydrogen-bond acceptors (Lipinski definition) is 3. The zero-order chi connectivity index (χ0) is 8.43. The van der Waals surface area contributed by atoms with Crippen molar-refractivity contribution in [3.8, 4) is 0 Å². The van der Waals surface area contributed by atoms with E-state index < -0.39 is 0 Å². The Morgan fingerprint density at radius 1 is 1.45 bits per heavy atom. The van der Waals surface area contributed by atoms with Crippen molar-refractivity contribution in [3.05, 3.63) is 21.3 Å². The summed E-state index contributed by atoms with van der Waals surface area (Å²) in [6, 6.07) is 3.64. The minimum absolute atomic E-state index is 0.0234. The van der Waals surface area contributed by atoms with Gasteiger partial charge in [0, 0.05) is 10.9 Å². The molecule has 0 bridgehead atoms. The first kappa shape index (κ1) is 9.00. The summed E-state index contributed by atoms with van der Waals surface area (Å²) in [5.74, 6) is 0. The van der Waals surface area contributed by atoms with E-state index >= 15 is 0 Å². The molecule has 1 aromatic heterocycles. The smallest absolute Gasteiger partial charge is 0.0931 e. The van der Waals surface area contributed by atoms with E-state index in [1.54, 1.807) is 0 Å². The SMILES string of the molecule is C[C@H](N)[C@@H](N)c1ccc(Cl)s1. The summed E-state index contributed by atoms with van der Waals surface area (Å²) < 4.78 is 0.760. The number of thiophene rings is 1. The van der Waals surface area contributed by atoms with Gasteiger partial charge in [-0.3, -0.25) is 0 Å². The standard InChI is InChI=1S/C7H11ClN2S/c1-4(9)7(10)5-2-3-6(8)11-5/h2-4,7H,9-10H2,1H3/t4-,7+/m0/s1. The Morgan fingerprint density at radius 2 is 2.09 bits per heavy atom. The Bertz CT molecular complexity index is 234. The van der Waals surface area contributed by atoms with E-state index in [4.69, 9.17) is 23.1 Å². The highest BCUT2D eigenvalue weighted by Gasteiger charge is 2.12. The molecule has 0 amide bonds. The lowest BCUT2D eigenvalue weighted by atomic mass is 10.1. The molecule has 0 saturated carbocycles. The molecule has 2 atom stereocenters. The van der Waals surface area contributed by atoms with E-state index in [1.807, 2.05) is 19.1 Å². The van der Waals surface area contributed by atoms with Crippen molar-refractivity contribution < 1.29 is 0 Å². The lowest BCUT2D eigenvalue weighted by Gasteiger charge is -2.12. The lowest BCUT2D eigenvalue weighted by molar-refractivity contribution is 0.598. The number of nitrogens with two attached hydrogens (primary N) is 2. The largest absolute Gasteiger partial charge is 0.326 e. The van der Waals surface area contributed by atoms with Crippen LogP contribution in [-0.4, -0.2) is 6.04 Å². The van der Waals surface area contributed by atoms with Gasteiger partial charge in [0.1, 0.15) is 0 Å². The van der Waals surface area contributed by atoms with Crippen LogP contribution < -0.4 is 11.5 Å². The normalized spacial score (nSPS) is 16.4. The van der Waals surface area contributed by atoms with Gasteiger partial charge in [0.25, 0.3) is 0 Å². The molecule has 0 radical (unpaired) electrons. The third kappa shape index (κ3) is 2.17. The summed E-state index contributed by atoms with van der Waals surface area (Å²) in [5, 5.41) is 0. The van der Waals surface area contributed by atoms with Gasteiger partial charge < -0.3 is 11.5 Å². The third-order valence-electron chi connectivity index (χ3n) is 1.49. The van der Waals surface area contributed by atoms with E-state index in [0.29, 0.717) is 0 Å². The van der Waals surface area contributed by atoms with E-state index in [2.05, 4.69) is 0 Å². The average Bonchev–Trinajstić information content (AvgIpc) is 2.34. The molecule has 0 spiro atoms. The summed E-state index contributed by atoms with van der Waals surface area (Å²) >= 11 is 7.22. The molecule has 0 aromatic carbocycles. The fourth-order valence-electron chi connectivity index (χ4n) is 0.767. The van der Waals surface area contributed by atoms with Crippen LogP contribution in [0.1, 0.15) is 17.8 Å². The maximum atomic E-state index is 5.78. The molecule has 4 heteroatoms. The molecule has 62 valence electrons. The van der Waals surface area contributed by atoms with E-state index in [9.17, 15) is 0 Å². The molecule has 1 aromatic rings. The first-order valence-corrected chi connectivity index (χ1v) is 4.57. The molecule has 11 heavy (non-hydrogen) atoms. The van der Waals surface area contributed by atoms with Gasteiger partial charge in [-0.25, -0.2) is 0 Å². The molecule has 2 nitrogen and oxygen atoms in total. The van der Waals surface area contributed by atoms with Gasteiger partial charge in [0.2, 0.25) is 0 Å². The van der Waals surface area contributed by atoms with Crippen molar-refractivity contribution >= 4 is 22.9 Å². The fraction of sp³-hybridized carbons (Fsp3) is 0.429. The van der Waals surface area contributed by atoms with E-state index in [-0.39, 0.29) is 12.1 Å². The topological polar surface area (TPSA) is 52.0 Å². The summed E-state index contributed by atoms with van der Waals surface area (Å²) in [6.07, 6.45) is 0. The second-order valence-electron chi connectivity index (χ2n) is 2.53. The van der Waals surface area contributed by atoms with Crippen LogP contribution in [-0.2, 0) is 0 Å². The van der Waals surface area contributed by atoms with Crippen molar-refractivity contribution in [2.75, 3.05) is 0 Å². The molecule has 0 aliphatic carbocycles. The molecule has 0 saturated heterocycles. The highest BCUT2D eigenvalue weighted by Crippen LogP contribution is 2.26. The molecular weight excluding hydrogens is 180 g/mol. The fourth-order valence-corrected chi connectivity index (χ4v) is 1.94. The van der Waals surface area contributed by atoms with Gasteiger partial charge in [-0.05, 0) is 19.1 Å². The molecular formula is C7H11ClN2S. The van der Waals surface area contributed by atoms with Crippen LogP contribution in [0.3, 0.4) is 0 Å². The lowest BCUT2D eigenvalue weighted by Crippen LogP contribution is -2.30. The van der Waals surface area contributed by atoms with E-state index in [0.717, 1.165) is 9.21 Å². The Morgan fingerprint density at radius 3 is 2.45 bits per heavy atom. The Balaban J connectivity index is 2.76. The zero-order valence-electron chi connectivity index (χ0n) is 6.25. The van der Waals surface area contributed by atoms with Crippen LogP contribution in [0.5, 0.6) is 0 Å². The summed E-state index contributed by atoms with van der Waals surface area (Å²) in [6.45, 7) is 1.89. The molecule has 1 heterocycles. The molecule has 1 rings (SSSR count). The second kappa shape index (κ2) is 3.54.